The summed E-state index contributed by atoms with van der Waals surface area (Å²) in [6, 6.07) is 64.5. The summed E-state index contributed by atoms with van der Waals surface area (Å²) < 4.78 is 0. The Morgan fingerprint density at radius 3 is 1.56 bits per heavy atom. The highest BCUT2D eigenvalue weighted by Crippen LogP contribution is 2.54. The minimum Gasteiger partial charge on any atom is -0.310 e. The predicted molar refractivity (Wildman–Crippen MR) is 241 cm³/mol. The third-order valence-electron chi connectivity index (χ3n) is 13.8. The SMILES string of the molecule is CC1(c2ccc(C3CCCCC3)cc2)c2ccccc2-c2ccc(N(c3ccc(-c4ccc(C5CCCCC5)cc4)cc3)c3ccccc3-c3ccccc3)cc21. The zero-order valence-electron chi connectivity index (χ0n) is 33.3. The van der Waals surface area contributed by atoms with E-state index in [0.717, 1.165) is 11.6 Å². The fraction of sp³-hybridized carbons (Fsp3) is 0.250. The summed E-state index contributed by atoms with van der Waals surface area (Å²) in [6.45, 7) is 2.45. The van der Waals surface area contributed by atoms with Crippen molar-refractivity contribution >= 4 is 17.1 Å². The highest BCUT2D eigenvalue weighted by molar-refractivity contribution is 5.91. The van der Waals surface area contributed by atoms with Crippen LogP contribution in [0, 0.1) is 0 Å². The first-order valence-electron chi connectivity index (χ1n) is 21.6. The van der Waals surface area contributed by atoms with Gasteiger partial charge >= 0.3 is 0 Å². The van der Waals surface area contributed by atoms with Crippen molar-refractivity contribution in [1.29, 1.82) is 0 Å². The Hall–Kier alpha value is -5.66. The number of fused-ring (bicyclic) bond motifs is 3. The second-order valence-electron chi connectivity index (χ2n) is 17.1. The topological polar surface area (TPSA) is 3.24 Å². The van der Waals surface area contributed by atoms with Gasteiger partial charge in [-0.25, -0.2) is 0 Å². The zero-order valence-corrected chi connectivity index (χ0v) is 33.3. The van der Waals surface area contributed by atoms with E-state index >= 15 is 0 Å². The van der Waals surface area contributed by atoms with Crippen LogP contribution < -0.4 is 4.90 Å². The molecule has 0 aromatic heterocycles. The molecule has 1 unspecified atom stereocenters. The van der Waals surface area contributed by atoms with Gasteiger partial charge in [-0.1, -0.05) is 178 Å². The smallest absolute Gasteiger partial charge is 0.0540 e. The Morgan fingerprint density at radius 2 is 0.912 bits per heavy atom. The second kappa shape index (κ2) is 15.4. The summed E-state index contributed by atoms with van der Waals surface area (Å²) in [5.41, 5.74) is 17.9. The molecule has 2 saturated carbocycles. The highest BCUT2D eigenvalue weighted by atomic mass is 15.1. The Kier molecular flexibility index (Phi) is 9.63. The van der Waals surface area contributed by atoms with E-state index in [9.17, 15) is 0 Å². The van der Waals surface area contributed by atoms with Gasteiger partial charge in [0.2, 0.25) is 0 Å². The minimum atomic E-state index is -0.286. The largest absolute Gasteiger partial charge is 0.310 e. The number of rotatable bonds is 8. The molecule has 57 heavy (non-hydrogen) atoms. The average molecular weight is 740 g/mol. The average Bonchev–Trinajstić information content (AvgIpc) is 3.56. The van der Waals surface area contributed by atoms with Crippen molar-refractivity contribution in [2.24, 2.45) is 0 Å². The monoisotopic (exact) mass is 739 g/mol. The lowest BCUT2D eigenvalue weighted by molar-refractivity contribution is 0.443. The van der Waals surface area contributed by atoms with Gasteiger partial charge in [0.1, 0.15) is 0 Å². The van der Waals surface area contributed by atoms with E-state index in [4.69, 9.17) is 0 Å². The van der Waals surface area contributed by atoms with Crippen LogP contribution in [-0.2, 0) is 5.41 Å². The molecule has 1 nitrogen and oxygen atoms in total. The molecular weight excluding hydrogens is 687 g/mol. The van der Waals surface area contributed by atoms with E-state index in [1.807, 2.05) is 0 Å². The predicted octanol–water partition coefficient (Wildman–Crippen LogP) is 15.9. The summed E-state index contributed by atoms with van der Waals surface area (Å²) in [4.78, 5) is 2.48. The van der Waals surface area contributed by atoms with Crippen LogP contribution in [0.25, 0.3) is 33.4 Å². The van der Waals surface area contributed by atoms with Crippen LogP contribution in [0.4, 0.5) is 17.1 Å². The summed E-state index contributed by atoms with van der Waals surface area (Å²) in [6.07, 6.45) is 13.5. The van der Waals surface area contributed by atoms with Crippen LogP contribution in [0.1, 0.15) is 111 Å². The van der Waals surface area contributed by atoms with E-state index in [0.29, 0.717) is 5.92 Å². The van der Waals surface area contributed by atoms with Gasteiger partial charge in [0.25, 0.3) is 0 Å². The minimum absolute atomic E-state index is 0.286. The van der Waals surface area contributed by atoms with Crippen LogP contribution in [0.3, 0.4) is 0 Å². The normalized spacial score (nSPS) is 18.2. The Labute approximate surface area is 340 Å². The van der Waals surface area contributed by atoms with Gasteiger partial charge in [-0.15, -0.1) is 0 Å². The molecule has 282 valence electrons. The molecule has 7 aromatic rings. The van der Waals surface area contributed by atoms with Gasteiger partial charge in [0.05, 0.1) is 5.69 Å². The van der Waals surface area contributed by atoms with Crippen molar-refractivity contribution in [2.45, 2.75) is 88.4 Å². The molecule has 0 bridgehead atoms. The van der Waals surface area contributed by atoms with Crippen LogP contribution in [0.5, 0.6) is 0 Å². The van der Waals surface area contributed by atoms with Gasteiger partial charge < -0.3 is 4.90 Å². The Morgan fingerprint density at radius 1 is 0.404 bits per heavy atom. The number of hydrogen-bond donors (Lipinski definition) is 0. The molecule has 1 heteroatoms. The molecule has 7 aromatic carbocycles. The molecule has 0 aliphatic heterocycles. The third-order valence-corrected chi connectivity index (χ3v) is 13.8. The molecule has 0 saturated heterocycles. The first-order chi connectivity index (χ1) is 28.1. The third kappa shape index (κ3) is 6.62. The maximum absolute atomic E-state index is 2.49. The molecule has 1 atom stereocenters. The van der Waals surface area contributed by atoms with E-state index in [1.165, 1.54) is 137 Å². The van der Waals surface area contributed by atoms with Crippen molar-refractivity contribution < 1.29 is 0 Å². The van der Waals surface area contributed by atoms with Gasteiger partial charge in [0.15, 0.2) is 0 Å². The number of para-hydroxylation sites is 1. The van der Waals surface area contributed by atoms with E-state index in [1.54, 1.807) is 0 Å². The molecule has 2 fully saturated rings. The standard InChI is InChI=1S/C56H53N/c1-56(47-33-29-44(30-34-47)41-17-7-3-8-18-41)53-23-13-11-22-51(53)52-38-37-49(39-54(52)56)57(55-24-14-12-21-50(55)46-19-9-4-10-20-46)48-35-31-45(32-36-48)43-27-25-42(26-28-43)40-15-5-2-6-16-40/h4,9-14,19-41H,2-3,5-8,15-18H2,1H3. The van der Waals surface area contributed by atoms with Gasteiger partial charge in [-0.05, 0) is 130 Å². The fourth-order valence-corrected chi connectivity index (χ4v) is 10.6. The van der Waals surface area contributed by atoms with Crippen molar-refractivity contribution in [3.8, 4) is 33.4 Å². The first-order valence-corrected chi connectivity index (χ1v) is 21.6. The van der Waals surface area contributed by atoms with Crippen LogP contribution in [0.15, 0.2) is 170 Å². The molecule has 0 heterocycles. The number of benzene rings is 7. The van der Waals surface area contributed by atoms with Gasteiger partial charge in [0, 0.05) is 22.4 Å². The highest BCUT2D eigenvalue weighted by Gasteiger charge is 2.41. The zero-order chi connectivity index (χ0) is 38.2. The molecule has 3 aliphatic rings. The lowest BCUT2D eigenvalue weighted by Crippen LogP contribution is -2.23. The molecule has 0 spiro atoms. The second-order valence-corrected chi connectivity index (χ2v) is 17.1. The number of nitrogens with zero attached hydrogens (tertiary/aromatic N) is 1. The fourth-order valence-electron chi connectivity index (χ4n) is 10.6. The van der Waals surface area contributed by atoms with Crippen LogP contribution in [0.2, 0.25) is 0 Å². The molecular formula is C56H53N. The summed E-state index contributed by atoms with van der Waals surface area (Å²) in [5.74, 6) is 1.41. The summed E-state index contributed by atoms with van der Waals surface area (Å²) in [5, 5.41) is 0. The number of hydrogen-bond acceptors (Lipinski definition) is 1. The van der Waals surface area contributed by atoms with Crippen LogP contribution in [-0.4, -0.2) is 0 Å². The maximum Gasteiger partial charge on any atom is 0.0540 e. The number of anilines is 3. The lowest BCUT2D eigenvalue weighted by atomic mass is 9.73. The first kappa shape index (κ1) is 35.7. The summed E-state index contributed by atoms with van der Waals surface area (Å²) >= 11 is 0. The van der Waals surface area contributed by atoms with Gasteiger partial charge in [-0.3, -0.25) is 0 Å². The van der Waals surface area contributed by atoms with Crippen molar-refractivity contribution in [2.75, 3.05) is 4.90 Å². The van der Waals surface area contributed by atoms with Crippen molar-refractivity contribution in [1.82, 2.24) is 0 Å². The van der Waals surface area contributed by atoms with Crippen LogP contribution >= 0.6 is 0 Å². The Balaban J connectivity index is 1.07. The lowest BCUT2D eigenvalue weighted by Gasteiger charge is -2.32. The van der Waals surface area contributed by atoms with E-state index in [-0.39, 0.29) is 5.41 Å². The molecule has 3 aliphatic carbocycles. The molecule has 0 radical (unpaired) electrons. The van der Waals surface area contributed by atoms with E-state index < -0.39 is 0 Å². The van der Waals surface area contributed by atoms with Crippen molar-refractivity contribution in [3.05, 3.63) is 198 Å². The molecule has 0 N–H and O–H groups in total. The van der Waals surface area contributed by atoms with Crippen molar-refractivity contribution in [3.63, 3.8) is 0 Å². The Bertz CT molecular complexity index is 2460. The van der Waals surface area contributed by atoms with E-state index in [2.05, 4.69) is 182 Å². The molecule has 10 rings (SSSR count). The molecule has 0 amide bonds. The summed E-state index contributed by atoms with van der Waals surface area (Å²) in [7, 11) is 0. The maximum atomic E-state index is 2.49. The van der Waals surface area contributed by atoms with Gasteiger partial charge in [-0.2, -0.15) is 0 Å². The quantitative estimate of drug-likeness (QED) is 0.150.